The summed E-state index contributed by atoms with van der Waals surface area (Å²) in [6, 6.07) is 0. The Bertz CT molecular complexity index is 216. The van der Waals surface area contributed by atoms with E-state index in [2.05, 4.69) is 13.8 Å². The van der Waals surface area contributed by atoms with Crippen molar-refractivity contribution < 1.29 is 8.42 Å². The second-order valence-electron chi connectivity index (χ2n) is 3.76. The number of hydrogen-bond donors (Lipinski definition) is 0. The molecule has 11 heavy (non-hydrogen) atoms. The minimum Gasteiger partial charge on any atom is -0.229 e. The highest BCUT2D eigenvalue weighted by Crippen LogP contribution is 2.24. The first-order valence-corrected chi connectivity index (χ1v) is 6.04. The monoisotopic (exact) mass is 176 g/mol. The topological polar surface area (TPSA) is 34.1 Å². The lowest BCUT2D eigenvalue weighted by atomic mass is 9.93. The van der Waals surface area contributed by atoms with Crippen LogP contribution in [0.2, 0.25) is 0 Å². The van der Waals surface area contributed by atoms with Gasteiger partial charge >= 0.3 is 0 Å². The van der Waals surface area contributed by atoms with E-state index < -0.39 is 9.84 Å². The van der Waals surface area contributed by atoms with Crippen molar-refractivity contribution >= 4 is 9.84 Å². The zero-order valence-electron chi connectivity index (χ0n) is 7.21. The lowest BCUT2D eigenvalue weighted by Gasteiger charge is -2.24. The maximum atomic E-state index is 11.2. The molecule has 0 amide bonds. The number of rotatable bonds is 1. The van der Waals surface area contributed by atoms with Crippen molar-refractivity contribution in [3.8, 4) is 0 Å². The molecule has 1 heterocycles. The lowest BCUT2D eigenvalue weighted by Crippen LogP contribution is -2.28. The third-order valence-electron chi connectivity index (χ3n) is 2.44. The van der Waals surface area contributed by atoms with Crippen LogP contribution in [0.4, 0.5) is 0 Å². The van der Waals surface area contributed by atoms with Gasteiger partial charge in [0.05, 0.1) is 11.5 Å². The Kier molecular flexibility index (Phi) is 2.58. The predicted octanol–water partition coefficient (Wildman–Crippen LogP) is 1.47. The van der Waals surface area contributed by atoms with Gasteiger partial charge in [-0.25, -0.2) is 8.42 Å². The molecule has 0 bridgehead atoms. The maximum absolute atomic E-state index is 11.2. The average Bonchev–Trinajstić information content (AvgIpc) is 1.85. The first kappa shape index (κ1) is 9.04. The van der Waals surface area contributed by atoms with E-state index in [-0.39, 0.29) is 0 Å². The van der Waals surface area contributed by atoms with Crippen molar-refractivity contribution in [1.82, 2.24) is 0 Å². The van der Waals surface area contributed by atoms with Crippen molar-refractivity contribution in [2.75, 3.05) is 11.5 Å². The van der Waals surface area contributed by atoms with Crippen molar-refractivity contribution in [1.29, 1.82) is 0 Å². The van der Waals surface area contributed by atoms with Gasteiger partial charge in [-0.1, -0.05) is 13.8 Å². The van der Waals surface area contributed by atoms with Gasteiger partial charge in [-0.15, -0.1) is 0 Å². The van der Waals surface area contributed by atoms with Crippen LogP contribution in [-0.2, 0) is 9.84 Å². The fraction of sp³-hybridized carbons (Fsp3) is 1.00. The highest BCUT2D eigenvalue weighted by Gasteiger charge is 2.26. The molecule has 1 rings (SSSR count). The summed E-state index contributed by atoms with van der Waals surface area (Å²) in [7, 11) is -2.68. The van der Waals surface area contributed by atoms with Crippen LogP contribution in [0.5, 0.6) is 0 Å². The number of sulfone groups is 1. The van der Waals surface area contributed by atoms with Crippen molar-refractivity contribution in [2.24, 2.45) is 11.8 Å². The fourth-order valence-corrected chi connectivity index (χ4v) is 3.56. The molecule has 2 nitrogen and oxygen atoms in total. The molecule has 0 aliphatic carbocycles. The van der Waals surface area contributed by atoms with Gasteiger partial charge in [0.25, 0.3) is 0 Å². The molecule has 1 fully saturated rings. The minimum atomic E-state index is -2.68. The summed E-state index contributed by atoms with van der Waals surface area (Å²) in [6.07, 6.45) is 1.96. The second-order valence-corrected chi connectivity index (χ2v) is 5.99. The van der Waals surface area contributed by atoms with E-state index in [9.17, 15) is 8.42 Å². The predicted molar refractivity (Wildman–Crippen MR) is 46.2 cm³/mol. The highest BCUT2D eigenvalue weighted by molar-refractivity contribution is 7.91. The zero-order valence-corrected chi connectivity index (χ0v) is 8.02. The molecule has 0 saturated carbocycles. The first-order valence-electron chi connectivity index (χ1n) is 4.22. The summed E-state index contributed by atoms with van der Waals surface area (Å²) >= 11 is 0. The van der Waals surface area contributed by atoms with Gasteiger partial charge in [-0.3, -0.25) is 0 Å². The summed E-state index contributed by atoms with van der Waals surface area (Å²) in [6.45, 7) is 4.21. The van der Waals surface area contributed by atoms with E-state index in [0.29, 0.717) is 23.3 Å². The molecule has 0 spiro atoms. The van der Waals surface area contributed by atoms with Crippen molar-refractivity contribution in [2.45, 2.75) is 26.7 Å². The van der Waals surface area contributed by atoms with E-state index in [4.69, 9.17) is 0 Å². The Labute approximate surface area is 68.9 Å². The molecule has 0 aromatic heterocycles. The molecule has 66 valence electrons. The van der Waals surface area contributed by atoms with Gasteiger partial charge in [0.15, 0.2) is 9.84 Å². The molecule has 3 heteroatoms. The summed E-state index contributed by atoms with van der Waals surface area (Å²) in [5, 5.41) is 0. The third kappa shape index (κ3) is 2.47. The van der Waals surface area contributed by atoms with Crippen LogP contribution in [0.25, 0.3) is 0 Å². The van der Waals surface area contributed by atoms with E-state index in [1.54, 1.807) is 0 Å². The van der Waals surface area contributed by atoms with Crippen LogP contribution < -0.4 is 0 Å². The SMILES string of the molecule is CC(C)C1CCCS(=O)(=O)C1. The summed E-state index contributed by atoms with van der Waals surface area (Å²) < 4.78 is 22.3. The zero-order chi connectivity index (χ0) is 8.48. The van der Waals surface area contributed by atoms with E-state index >= 15 is 0 Å². The van der Waals surface area contributed by atoms with Gasteiger partial charge < -0.3 is 0 Å². The van der Waals surface area contributed by atoms with Crippen molar-refractivity contribution in [3.05, 3.63) is 0 Å². The summed E-state index contributed by atoms with van der Waals surface area (Å²) in [4.78, 5) is 0. The Balaban J connectivity index is 2.61. The van der Waals surface area contributed by atoms with Crippen LogP contribution in [-0.4, -0.2) is 19.9 Å². The van der Waals surface area contributed by atoms with Crippen LogP contribution in [0, 0.1) is 11.8 Å². The normalized spacial score (nSPS) is 30.6. The molecule has 1 unspecified atom stereocenters. The highest BCUT2D eigenvalue weighted by atomic mass is 32.2. The Morgan fingerprint density at radius 2 is 2.00 bits per heavy atom. The van der Waals surface area contributed by atoms with E-state index in [0.717, 1.165) is 12.8 Å². The number of hydrogen-bond acceptors (Lipinski definition) is 2. The van der Waals surface area contributed by atoms with Crippen LogP contribution in [0.3, 0.4) is 0 Å². The molecule has 1 saturated heterocycles. The van der Waals surface area contributed by atoms with Crippen LogP contribution in [0.15, 0.2) is 0 Å². The molecular formula is C8H16O2S. The largest absolute Gasteiger partial charge is 0.229 e. The molecule has 0 radical (unpaired) electrons. The lowest BCUT2D eigenvalue weighted by molar-refractivity contribution is 0.376. The summed E-state index contributed by atoms with van der Waals surface area (Å²) in [5.74, 6) is 1.76. The quantitative estimate of drug-likeness (QED) is 0.606. The molecule has 0 aromatic rings. The molecule has 0 N–H and O–H groups in total. The van der Waals surface area contributed by atoms with Gasteiger partial charge in [-0.2, -0.15) is 0 Å². The third-order valence-corrected chi connectivity index (χ3v) is 4.29. The molecular weight excluding hydrogens is 160 g/mol. The first-order chi connectivity index (χ1) is 5.01. The van der Waals surface area contributed by atoms with Gasteiger partial charge in [-0.05, 0) is 24.7 Å². The average molecular weight is 176 g/mol. The smallest absolute Gasteiger partial charge is 0.150 e. The Hall–Kier alpha value is -0.0500. The maximum Gasteiger partial charge on any atom is 0.150 e. The summed E-state index contributed by atoms with van der Waals surface area (Å²) in [5.41, 5.74) is 0. The second kappa shape index (κ2) is 3.13. The Morgan fingerprint density at radius 3 is 2.36 bits per heavy atom. The van der Waals surface area contributed by atoms with Crippen LogP contribution >= 0.6 is 0 Å². The van der Waals surface area contributed by atoms with E-state index in [1.807, 2.05) is 0 Å². The molecule has 1 aliphatic rings. The van der Waals surface area contributed by atoms with E-state index in [1.165, 1.54) is 0 Å². The van der Waals surface area contributed by atoms with Gasteiger partial charge in [0.1, 0.15) is 0 Å². The Morgan fingerprint density at radius 1 is 1.36 bits per heavy atom. The fourth-order valence-electron chi connectivity index (χ4n) is 1.58. The molecule has 1 atom stereocenters. The van der Waals surface area contributed by atoms with Crippen LogP contribution in [0.1, 0.15) is 26.7 Å². The van der Waals surface area contributed by atoms with Gasteiger partial charge in [0, 0.05) is 0 Å². The van der Waals surface area contributed by atoms with Gasteiger partial charge in [0.2, 0.25) is 0 Å². The molecule has 0 aromatic carbocycles. The molecule has 1 aliphatic heterocycles. The standard InChI is InChI=1S/C8H16O2S/c1-7(2)8-4-3-5-11(9,10)6-8/h7-8H,3-6H2,1-2H3. The van der Waals surface area contributed by atoms with Crippen molar-refractivity contribution in [3.63, 3.8) is 0 Å². The minimum absolute atomic E-state index is 0.411.